The minimum absolute atomic E-state index is 0. The molecule has 1 aliphatic heterocycles. The molecule has 1 N–H and O–H groups in total. The van der Waals surface area contributed by atoms with Crippen molar-refractivity contribution in [3.05, 3.63) is 23.9 Å². The largest absolute Gasteiger partial charge is 0.472 e. The molecule has 0 unspecified atom stereocenters. The summed E-state index contributed by atoms with van der Waals surface area (Å²) in [5, 5.41) is 12.1. The van der Waals surface area contributed by atoms with Gasteiger partial charge in [0.25, 0.3) is 0 Å². The maximum Gasteiger partial charge on any atom is 0.231 e. The summed E-state index contributed by atoms with van der Waals surface area (Å²) in [4.78, 5) is 4.07. The first-order chi connectivity index (χ1) is 7.40. The summed E-state index contributed by atoms with van der Waals surface area (Å²) in [6.45, 7) is 1.88. The molecule has 0 aromatic carbocycles. The molecule has 0 radical (unpaired) electrons. The van der Waals surface area contributed by atoms with Gasteiger partial charge in [0.2, 0.25) is 5.88 Å². The molecule has 2 rings (SSSR count). The second-order valence-corrected chi connectivity index (χ2v) is 3.55. The van der Waals surface area contributed by atoms with E-state index in [4.69, 9.17) is 10.00 Å². The van der Waals surface area contributed by atoms with Gasteiger partial charge in [-0.3, -0.25) is 0 Å². The van der Waals surface area contributed by atoms with Gasteiger partial charge < -0.3 is 10.1 Å². The molecule has 0 spiro atoms. The summed E-state index contributed by atoms with van der Waals surface area (Å²) >= 11 is 0. The quantitative estimate of drug-likeness (QED) is 0.850. The second kappa shape index (κ2) is 6.31. The highest BCUT2D eigenvalue weighted by molar-refractivity contribution is 5.85. The third kappa shape index (κ3) is 3.09. The molecular formula is C11H14ClN3O. The summed E-state index contributed by atoms with van der Waals surface area (Å²) in [5.74, 6) is 0.452. The lowest BCUT2D eigenvalue weighted by Gasteiger charge is -2.23. The molecule has 2 heterocycles. The van der Waals surface area contributed by atoms with Crippen LogP contribution in [0.15, 0.2) is 18.3 Å². The normalized spacial score (nSPS) is 19.3. The molecule has 1 saturated heterocycles. The predicted octanol–water partition coefficient (Wildman–Crippen LogP) is 1.51. The standard InChI is InChI=1S/C11H13N3O.ClH/c12-7-9-3-1-6-14-11(9)15-10-4-2-5-13-8-10;/h1,3,6,10,13H,2,4-5,8H2;1H/t10-;/m1./s1. The zero-order valence-corrected chi connectivity index (χ0v) is 9.67. The van der Waals surface area contributed by atoms with Crippen molar-refractivity contribution in [2.45, 2.75) is 18.9 Å². The van der Waals surface area contributed by atoms with Crippen molar-refractivity contribution < 1.29 is 4.74 Å². The van der Waals surface area contributed by atoms with E-state index in [-0.39, 0.29) is 18.5 Å². The number of aromatic nitrogens is 1. The number of halogens is 1. The Morgan fingerprint density at radius 2 is 2.44 bits per heavy atom. The number of piperidine rings is 1. The summed E-state index contributed by atoms with van der Waals surface area (Å²) < 4.78 is 5.68. The molecule has 0 saturated carbocycles. The van der Waals surface area contributed by atoms with Crippen LogP contribution < -0.4 is 10.1 Å². The topological polar surface area (TPSA) is 57.9 Å². The van der Waals surface area contributed by atoms with E-state index in [0.717, 1.165) is 25.9 Å². The van der Waals surface area contributed by atoms with Gasteiger partial charge in [-0.2, -0.15) is 5.26 Å². The molecule has 86 valence electrons. The van der Waals surface area contributed by atoms with Crippen LogP contribution in [0.2, 0.25) is 0 Å². The molecule has 1 fully saturated rings. The molecular weight excluding hydrogens is 226 g/mol. The lowest BCUT2D eigenvalue weighted by Crippen LogP contribution is -2.37. The van der Waals surface area contributed by atoms with E-state index in [1.54, 1.807) is 18.3 Å². The van der Waals surface area contributed by atoms with Gasteiger partial charge in [0, 0.05) is 12.7 Å². The van der Waals surface area contributed by atoms with Gasteiger partial charge in [0.1, 0.15) is 17.7 Å². The molecule has 4 nitrogen and oxygen atoms in total. The first-order valence-electron chi connectivity index (χ1n) is 5.12. The summed E-state index contributed by atoms with van der Waals surface area (Å²) in [6, 6.07) is 5.54. The maximum atomic E-state index is 8.86. The first-order valence-corrected chi connectivity index (χ1v) is 5.12. The van der Waals surface area contributed by atoms with Crippen molar-refractivity contribution in [3.63, 3.8) is 0 Å². The number of pyridine rings is 1. The van der Waals surface area contributed by atoms with Gasteiger partial charge in [-0.1, -0.05) is 0 Å². The fourth-order valence-corrected chi connectivity index (χ4v) is 1.65. The Kier molecular flexibility index (Phi) is 5.03. The van der Waals surface area contributed by atoms with Crippen molar-refractivity contribution in [1.82, 2.24) is 10.3 Å². The number of ether oxygens (including phenoxy) is 1. The molecule has 1 aromatic heterocycles. The smallest absolute Gasteiger partial charge is 0.231 e. The fraction of sp³-hybridized carbons (Fsp3) is 0.455. The Bertz CT molecular complexity index is 372. The van der Waals surface area contributed by atoms with Crippen LogP contribution >= 0.6 is 12.4 Å². The van der Waals surface area contributed by atoms with E-state index >= 15 is 0 Å². The number of rotatable bonds is 2. The Labute approximate surface area is 101 Å². The van der Waals surface area contributed by atoms with E-state index in [2.05, 4.69) is 16.4 Å². The van der Waals surface area contributed by atoms with Crippen molar-refractivity contribution in [2.75, 3.05) is 13.1 Å². The second-order valence-electron chi connectivity index (χ2n) is 3.55. The zero-order valence-electron chi connectivity index (χ0n) is 8.85. The monoisotopic (exact) mass is 239 g/mol. The number of nitrogens with one attached hydrogen (secondary N) is 1. The van der Waals surface area contributed by atoms with Gasteiger partial charge in [-0.25, -0.2) is 4.98 Å². The molecule has 1 aliphatic rings. The molecule has 0 aliphatic carbocycles. The first kappa shape index (κ1) is 12.8. The van der Waals surface area contributed by atoms with Crippen LogP contribution in [-0.2, 0) is 0 Å². The van der Waals surface area contributed by atoms with Crippen LogP contribution in [0.1, 0.15) is 18.4 Å². The number of nitrogens with zero attached hydrogens (tertiary/aromatic N) is 2. The summed E-state index contributed by atoms with van der Waals surface area (Å²) in [7, 11) is 0. The highest BCUT2D eigenvalue weighted by Crippen LogP contribution is 2.16. The van der Waals surface area contributed by atoms with Crippen molar-refractivity contribution in [2.24, 2.45) is 0 Å². The van der Waals surface area contributed by atoms with Crippen molar-refractivity contribution >= 4 is 12.4 Å². The Morgan fingerprint density at radius 3 is 3.12 bits per heavy atom. The van der Waals surface area contributed by atoms with E-state index in [1.807, 2.05) is 0 Å². The summed E-state index contributed by atoms with van der Waals surface area (Å²) in [5.41, 5.74) is 0.503. The Morgan fingerprint density at radius 1 is 1.56 bits per heavy atom. The van der Waals surface area contributed by atoms with Gasteiger partial charge in [0.15, 0.2) is 0 Å². The Balaban J connectivity index is 0.00000128. The third-order valence-electron chi connectivity index (χ3n) is 2.42. The van der Waals surface area contributed by atoms with Gasteiger partial charge >= 0.3 is 0 Å². The number of hydrogen-bond donors (Lipinski definition) is 1. The van der Waals surface area contributed by atoms with Crippen molar-refractivity contribution in [1.29, 1.82) is 5.26 Å². The number of nitriles is 1. The third-order valence-corrected chi connectivity index (χ3v) is 2.42. The SMILES string of the molecule is Cl.N#Cc1cccnc1O[C@@H]1CCCNC1. The number of hydrogen-bond acceptors (Lipinski definition) is 4. The van der Waals surface area contributed by atoms with E-state index in [9.17, 15) is 0 Å². The fourth-order valence-electron chi connectivity index (χ4n) is 1.65. The molecule has 5 heteroatoms. The predicted molar refractivity (Wildman–Crippen MR) is 62.7 cm³/mol. The van der Waals surface area contributed by atoms with Crippen LogP contribution in [0.25, 0.3) is 0 Å². The minimum atomic E-state index is 0. The summed E-state index contributed by atoms with van der Waals surface area (Å²) in [6.07, 6.45) is 3.92. The van der Waals surface area contributed by atoms with Crippen LogP contribution in [0, 0.1) is 11.3 Å². The maximum absolute atomic E-state index is 8.86. The lowest BCUT2D eigenvalue weighted by molar-refractivity contribution is 0.160. The average molecular weight is 240 g/mol. The highest BCUT2D eigenvalue weighted by atomic mass is 35.5. The van der Waals surface area contributed by atoms with E-state index in [0.29, 0.717) is 11.4 Å². The van der Waals surface area contributed by atoms with Gasteiger partial charge in [-0.05, 0) is 31.5 Å². The molecule has 16 heavy (non-hydrogen) atoms. The van der Waals surface area contributed by atoms with Crippen molar-refractivity contribution in [3.8, 4) is 11.9 Å². The van der Waals surface area contributed by atoms with Crippen LogP contribution in [0.5, 0.6) is 5.88 Å². The molecule has 1 atom stereocenters. The van der Waals surface area contributed by atoms with Gasteiger partial charge in [0.05, 0.1) is 0 Å². The molecule has 0 amide bonds. The van der Waals surface area contributed by atoms with E-state index < -0.39 is 0 Å². The van der Waals surface area contributed by atoms with Gasteiger partial charge in [-0.15, -0.1) is 12.4 Å². The van der Waals surface area contributed by atoms with Crippen LogP contribution in [0.4, 0.5) is 0 Å². The molecule has 1 aromatic rings. The van der Waals surface area contributed by atoms with E-state index in [1.165, 1.54) is 0 Å². The Hall–Kier alpha value is -1.31. The zero-order chi connectivity index (χ0) is 10.5. The average Bonchev–Trinajstić information content (AvgIpc) is 2.31. The minimum Gasteiger partial charge on any atom is -0.472 e. The molecule has 0 bridgehead atoms. The lowest BCUT2D eigenvalue weighted by atomic mass is 10.1. The highest BCUT2D eigenvalue weighted by Gasteiger charge is 2.16. The van der Waals surface area contributed by atoms with Crippen LogP contribution in [0.3, 0.4) is 0 Å². The van der Waals surface area contributed by atoms with Crippen LogP contribution in [-0.4, -0.2) is 24.2 Å².